The molecule has 0 saturated heterocycles. The first kappa shape index (κ1) is 18.3. The monoisotopic (exact) mass is 397 g/mol. The predicted octanol–water partition coefficient (Wildman–Crippen LogP) is 6.16. The van der Waals surface area contributed by atoms with Crippen LogP contribution < -0.4 is 0 Å². The average Bonchev–Trinajstić information content (AvgIpc) is 3.35. The Morgan fingerprint density at radius 1 is 0.900 bits per heavy atom. The van der Waals surface area contributed by atoms with Gasteiger partial charge in [0.1, 0.15) is 5.82 Å². The van der Waals surface area contributed by atoms with Crippen LogP contribution in [0.3, 0.4) is 0 Å². The first-order valence-electron chi connectivity index (χ1n) is 9.83. The van der Waals surface area contributed by atoms with Crippen molar-refractivity contribution in [3.8, 4) is 22.8 Å². The fourth-order valence-corrected chi connectivity index (χ4v) is 3.81. The van der Waals surface area contributed by atoms with Crippen LogP contribution >= 0.6 is 0 Å². The molecule has 2 heterocycles. The maximum Gasteiger partial charge on any atom is 0.258 e. The van der Waals surface area contributed by atoms with Crippen molar-refractivity contribution >= 4 is 10.9 Å². The molecule has 4 nitrogen and oxygen atoms in total. The van der Waals surface area contributed by atoms with E-state index in [9.17, 15) is 4.39 Å². The topological polar surface area (TPSA) is 43.9 Å². The van der Waals surface area contributed by atoms with E-state index in [2.05, 4.69) is 65.0 Å². The first-order chi connectivity index (χ1) is 14.6. The summed E-state index contributed by atoms with van der Waals surface area (Å²) in [6.07, 6.45) is 0. The van der Waals surface area contributed by atoms with Crippen LogP contribution in [0.4, 0.5) is 4.39 Å². The van der Waals surface area contributed by atoms with Gasteiger partial charge in [0.15, 0.2) is 0 Å². The zero-order chi connectivity index (χ0) is 20.7. The fourth-order valence-electron chi connectivity index (χ4n) is 3.81. The molecule has 148 valence electrons. The van der Waals surface area contributed by atoms with Gasteiger partial charge in [0.25, 0.3) is 5.89 Å². The van der Waals surface area contributed by atoms with Gasteiger partial charge < -0.3 is 9.09 Å². The second-order valence-electron chi connectivity index (χ2n) is 7.44. The quantitative estimate of drug-likeness (QED) is 0.365. The van der Waals surface area contributed by atoms with E-state index in [0.29, 0.717) is 17.3 Å². The van der Waals surface area contributed by atoms with E-state index in [1.54, 1.807) is 12.1 Å². The molecule has 0 bridgehead atoms. The number of benzene rings is 3. The third kappa shape index (κ3) is 3.18. The van der Waals surface area contributed by atoms with Crippen molar-refractivity contribution in [1.29, 1.82) is 0 Å². The lowest BCUT2D eigenvalue weighted by molar-refractivity contribution is 0.432. The molecule has 5 aromatic rings. The Labute approximate surface area is 173 Å². The number of hydrogen-bond donors (Lipinski definition) is 0. The molecule has 0 N–H and O–H groups in total. The molecule has 5 heteroatoms. The number of halogens is 1. The number of rotatable bonds is 4. The van der Waals surface area contributed by atoms with E-state index < -0.39 is 0 Å². The third-order valence-electron chi connectivity index (χ3n) is 5.60. The van der Waals surface area contributed by atoms with Crippen molar-refractivity contribution < 1.29 is 8.91 Å². The van der Waals surface area contributed by atoms with Gasteiger partial charge in [0.05, 0.1) is 0 Å². The molecule has 0 amide bonds. The van der Waals surface area contributed by atoms with Crippen molar-refractivity contribution in [3.63, 3.8) is 0 Å². The lowest BCUT2D eigenvalue weighted by Gasteiger charge is -2.09. The molecule has 0 aliphatic carbocycles. The van der Waals surface area contributed by atoms with Crippen LogP contribution in [0.5, 0.6) is 0 Å². The van der Waals surface area contributed by atoms with Crippen molar-refractivity contribution in [2.24, 2.45) is 0 Å². The van der Waals surface area contributed by atoms with E-state index in [1.165, 1.54) is 39.9 Å². The maximum atomic E-state index is 13.2. The van der Waals surface area contributed by atoms with Crippen LogP contribution in [-0.2, 0) is 6.54 Å². The SMILES string of the molecule is Cc1c(C)n(Cc2ccccc2)c2ccc(-c3nc(-c4ccc(F)cc4)no3)cc12. The summed E-state index contributed by atoms with van der Waals surface area (Å²) in [7, 11) is 0. The fraction of sp³-hybridized carbons (Fsp3) is 0.120. The number of aromatic nitrogens is 3. The molecule has 3 aromatic carbocycles. The van der Waals surface area contributed by atoms with E-state index in [-0.39, 0.29) is 5.82 Å². The second kappa shape index (κ2) is 7.26. The minimum Gasteiger partial charge on any atom is -0.340 e. The Kier molecular flexibility index (Phi) is 4.43. The summed E-state index contributed by atoms with van der Waals surface area (Å²) in [4.78, 5) is 4.51. The second-order valence-corrected chi connectivity index (χ2v) is 7.44. The van der Waals surface area contributed by atoms with Crippen LogP contribution in [0.15, 0.2) is 77.3 Å². The summed E-state index contributed by atoms with van der Waals surface area (Å²) < 4.78 is 21.0. The third-order valence-corrected chi connectivity index (χ3v) is 5.60. The normalized spacial score (nSPS) is 11.3. The van der Waals surface area contributed by atoms with Crippen molar-refractivity contribution in [2.45, 2.75) is 20.4 Å². The largest absolute Gasteiger partial charge is 0.340 e. The number of fused-ring (bicyclic) bond motifs is 1. The molecule has 0 radical (unpaired) electrons. The number of aryl methyl sites for hydroxylation is 1. The van der Waals surface area contributed by atoms with Crippen molar-refractivity contribution in [2.75, 3.05) is 0 Å². The van der Waals surface area contributed by atoms with Crippen LogP contribution in [0.25, 0.3) is 33.7 Å². The Bertz CT molecular complexity index is 1330. The number of hydrogen-bond acceptors (Lipinski definition) is 3. The van der Waals surface area contributed by atoms with Crippen LogP contribution in [0, 0.1) is 19.7 Å². The molecule has 30 heavy (non-hydrogen) atoms. The standard InChI is InChI=1S/C25H20FN3O/c1-16-17(2)29(15-18-6-4-3-5-7-18)23-13-10-20(14-22(16)23)25-27-24(28-30-25)19-8-11-21(26)12-9-19/h3-14H,15H2,1-2H3. The Morgan fingerprint density at radius 2 is 1.63 bits per heavy atom. The van der Waals surface area contributed by atoms with Crippen LogP contribution in [0.2, 0.25) is 0 Å². The van der Waals surface area contributed by atoms with Crippen LogP contribution in [0.1, 0.15) is 16.8 Å². The van der Waals surface area contributed by atoms with E-state index in [4.69, 9.17) is 4.52 Å². The summed E-state index contributed by atoms with van der Waals surface area (Å²) in [6.45, 7) is 5.11. The molecule has 5 rings (SSSR count). The van der Waals surface area contributed by atoms with Gasteiger partial charge >= 0.3 is 0 Å². The highest BCUT2D eigenvalue weighted by atomic mass is 19.1. The zero-order valence-electron chi connectivity index (χ0n) is 16.8. The van der Waals surface area contributed by atoms with Gasteiger partial charge in [-0.05, 0) is 67.4 Å². The van der Waals surface area contributed by atoms with E-state index >= 15 is 0 Å². The van der Waals surface area contributed by atoms with Crippen LogP contribution in [-0.4, -0.2) is 14.7 Å². The summed E-state index contributed by atoms with van der Waals surface area (Å²) in [6, 6.07) is 22.7. The highest BCUT2D eigenvalue weighted by Gasteiger charge is 2.15. The molecule has 2 aromatic heterocycles. The summed E-state index contributed by atoms with van der Waals surface area (Å²) in [5, 5.41) is 5.23. The highest BCUT2D eigenvalue weighted by molar-refractivity contribution is 5.89. The number of nitrogens with zero attached hydrogens (tertiary/aromatic N) is 3. The average molecular weight is 397 g/mol. The molecule has 0 atom stereocenters. The molecule has 0 spiro atoms. The highest BCUT2D eigenvalue weighted by Crippen LogP contribution is 2.31. The van der Waals surface area contributed by atoms with Gasteiger partial charge in [-0.15, -0.1) is 0 Å². The molecular formula is C25H20FN3O. The molecule has 0 saturated carbocycles. The molecule has 0 aliphatic heterocycles. The minimum absolute atomic E-state index is 0.293. The summed E-state index contributed by atoms with van der Waals surface area (Å²) in [5.74, 6) is 0.600. The molecule has 0 unspecified atom stereocenters. The minimum atomic E-state index is -0.293. The van der Waals surface area contributed by atoms with Gasteiger partial charge in [-0.3, -0.25) is 0 Å². The van der Waals surface area contributed by atoms with Crippen molar-refractivity contribution in [3.05, 3.63) is 95.4 Å². The van der Waals surface area contributed by atoms with Gasteiger partial charge in [-0.1, -0.05) is 35.5 Å². The van der Waals surface area contributed by atoms with Crippen molar-refractivity contribution in [1.82, 2.24) is 14.7 Å². The van der Waals surface area contributed by atoms with Gasteiger partial charge in [-0.25, -0.2) is 4.39 Å². The van der Waals surface area contributed by atoms with Gasteiger partial charge in [0, 0.05) is 34.3 Å². The van der Waals surface area contributed by atoms with E-state index in [0.717, 1.165) is 12.1 Å². The lowest BCUT2D eigenvalue weighted by atomic mass is 10.1. The predicted molar refractivity (Wildman–Crippen MR) is 116 cm³/mol. The lowest BCUT2D eigenvalue weighted by Crippen LogP contribution is -2.01. The summed E-state index contributed by atoms with van der Waals surface area (Å²) in [5.41, 5.74) is 6.50. The van der Waals surface area contributed by atoms with Gasteiger partial charge in [0.2, 0.25) is 5.82 Å². The van der Waals surface area contributed by atoms with Gasteiger partial charge in [-0.2, -0.15) is 4.98 Å². The Balaban J connectivity index is 1.53. The van der Waals surface area contributed by atoms with E-state index in [1.807, 2.05) is 12.1 Å². The molecular weight excluding hydrogens is 377 g/mol. The molecule has 0 fully saturated rings. The Morgan fingerprint density at radius 3 is 2.40 bits per heavy atom. The first-order valence-corrected chi connectivity index (χ1v) is 9.83. The smallest absolute Gasteiger partial charge is 0.258 e. The molecule has 0 aliphatic rings. The zero-order valence-corrected chi connectivity index (χ0v) is 16.8. The summed E-state index contributed by atoms with van der Waals surface area (Å²) >= 11 is 0. The Hall–Kier alpha value is -3.73. The maximum absolute atomic E-state index is 13.2.